The third-order valence-corrected chi connectivity index (χ3v) is 7.23. The van der Waals surface area contributed by atoms with Crippen LogP contribution >= 0.6 is 0 Å². The van der Waals surface area contributed by atoms with Gasteiger partial charge in [-0.05, 0) is 30.5 Å². The summed E-state index contributed by atoms with van der Waals surface area (Å²) in [5.41, 5.74) is 0.778. The second-order valence-electron chi connectivity index (χ2n) is 7.38. The van der Waals surface area contributed by atoms with Crippen LogP contribution in [0.5, 0.6) is 0 Å². The zero-order chi connectivity index (χ0) is 19.3. The molecule has 1 saturated carbocycles. The standard InChI is InChI=1S/C19H30FN3O3S/c1-22(18-8-3-2-4-9-18)27(24,25)21-15-19(23-10-12-26-13-11-23)16-6-5-7-17(20)14-16/h5-7,14,18-19,21H,2-4,8-13,15H2,1H3. The zero-order valence-electron chi connectivity index (χ0n) is 15.9. The van der Waals surface area contributed by atoms with Gasteiger partial charge in [0.1, 0.15) is 5.82 Å². The van der Waals surface area contributed by atoms with Crippen molar-refractivity contribution in [3.8, 4) is 0 Å². The molecule has 2 fully saturated rings. The van der Waals surface area contributed by atoms with E-state index in [1.54, 1.807) is 13.1 Å². The second kappa shape index (κ2) is 9.43. The van der Waals surface area contributed by atoms with E-state index in [1.807, 2.05) is 6.07 Å². The first kappa shape index (κ1) is 20.7. The molecule has 152 valence electrons. The summed E-state index contributed by atoms with van der Waals surface area (Å²) in [6.45, 7) is 2.80. The third-order valence-electron chi connectivity index (χ3n) is 5.65. The lowest BCUT2D eigenvalue weighted by Gasteiger charge is -2.36. The number of halogens is 1. The fourth-order valence-electron chi connectivity index (χ4n) is 3.99. The van der Waals surface area contributed by atoms with Crippen molar-refractivity contribution < 1.29 is 17.5 Å². The van der Waals surface area contributed by atoms with Crippen molar-refractivity contribution in [1.82, 2.24) is 13.9 Å². The zero-order valence-corrected chi connectivity index (χ0v) is 16.8. The molecule has 1 atom stereocenters. The molecule has 0 radical (unpaired) electrons. The van der Waals surface area contributed by atoms with Gasteiger partial charge >= 0.3 is 0 Å². The highest BCUT2D eigenvalue weighted by molar-refractivity contribution is 7.87. The van der Waals surface area contributed by atoms with Crippen LogP contribution < -0.4 is 4.72 Å². The first-order chi connectivity index (χ1) is 13.0. The van der Waals surface area contributed by atoms with Gasteiger partial charge in [-0.3, -0.25) is 4.90 Å². The number of benzene rings is 1. The molecule has 27 heavy (non-hydrogen) atoms. The smallest absolute Gasteiger partial charge is 0.279 e. The molecule has 1 unspecified atom stereocenters. The number of hydrogen-bond acceptors (Lipinski definition) is 4. The Morgan fingerprint density at radius 3 is 2.63 bits per heavy atom. The third kappa shape index (κ3) is 5.48. The number of morpholine rings is 1. The maximum Gasteiger partial charge on any atom is 0.279 e. The quantitative estimate of drug-likeness (QED) is 0.764. The van der Waals surface area contributed by atoms with Gasteiger partial charge in [-0.25, -0.2) is 9.11 Å². The van der Waals surface area contributed by atoms with Crippen molar-refractivity contribution in [2.75, 3.05) is 39.9 Å². The van der Waals surface area contributed by atoms with E-state index in [-0.39, 0.29) is 24.4 Å². The highest BCUT2D eigenvalue weighted by Crippen LogP contribution is 2.25. The molecule has 0 spiro atoms. The minimum absolute atomic E-state index is 0.0623. The largest absolute Gasteiger partial charge is 0.379 e. The highest BCUT2D eigenvalue weighted by Gasteiger charge is 2.30. The van der Waals surface area contributed by atoms with Crippen molar-refractivity contribution in [3.05, 3.63) is 35.6 Å². The van der Waals surface area contributed by atoms with Gasteiger partial charge in [0.15, 0.2) is 0 Å². The Morgan fingerprint density at radius 2 is 1.96 bits per heavy atom. The molecule has 1 aromatic carbocycles. The molecular formula is C19H30FN3O3S. The lowest BCUT2D eigenvalue weighted by Crippen LogP contribution is -2.48. The fraction of sp³-hybridized carbons (Fsp3) is 0.684. The van der Waals surface area contributed by atoms with Crippen molar-refractivity contribution in [2.24, 2.45) is 0 Å². The van der Waals surface area contributed by atoms with Crippen molar-refractivity contribution in [3.63, 3.8) is 0 Å². The van der Waals surface area contributed by atoms with Gasteiger partial charge in [-0.1, -0.05) is 31.4 Å². The van der Waals surface area contributed by atoms with Gasteiger partial charge in [0.25, 0.3) is 10.2 Å². The Hall–Kier alpha value is -1.06. The average Bonchev–Trinajstić information content (AvgIpc) is 2.69. The molecule has 1 heterocycles. The SMILES string of the molecule is CN(C1CCCCC1)S(=O)(=O)NCC(c1cccc(F)c1)N1CCOCC1. The first-order valence-corrected chi connectivity index (χ1v) is 11.2. The summed E-state index contributed by atoms with van der Waals surface area (Å²) in [5, 5.41) is 0. The predicted octanol–water partition coefficient (Wildman–Crippen LogP) is 2.30. The minimum Gasteiger partial charge on any atom is -0.379 e. The highest BCUT2D eigenvalue weighted by atomic mass is 32.2. The van der Waals surface area contributed by atoms with Crippen LogP contribution in [-0.4, -0.2) is 63.6 Å². The Morgan fingerprint density at radius 1 is 1.26 bits per heavy atom. The number of rotatable bonds is 7. The molecule has 1 aromatic rings. The summed E-state index contributed by atoms with van der Waals surface area (Å²) >= 11 is 0. The Kier molecular flexibility index (Phi) is 7.22. The molecule has 1 saturated heterocycles. The van der Waals surface area contributed by atoms with E-state index in [0.717, 1.165) is 31.2 Å². The first-order valence-electron chi connectivity index (χ1n) is 9.77. The Bertz CT molecular complexity index is 704. The van der Waals surface area contributed by atoms with E-state index >= 15 is 0 Å². The van der Waals surface area contributed by atoms with E-state index in [4.69, 9.17) is 4.74 Å². The van der Waals surface area contributed by atoms with Gasteiger partial charge in [-0.2, -0.15) is 12.7 Å². The maximum atomic E-state index is 13.7. The van der Waals surface area contributed by atoms with Gasteiger partial charge in [0.2, 0.25) is 0 Å². The number of nitrogens with one attached hydrogen (secondary N) is 1. The van der Waals surface area contributed by atoms with Gasteiger partial charge in [0, 0.05) is 38.8 Å². The van der Waals surface area contributed by atoms with E-state index in [2.05, 4.69) is 9.62 Å². The monoisotopic (exact) mass is 399 g/mol. The molecule has 1 N–H and O–H groups in total. The number of hydrogen-bond donors (Lipinski definition) is 1. The molecule has 0 amide bonds. The molecule has 2 aliphatic rings. The van der Waals surface area contributed by atoms with Gasteiger partial charge in [-0.15, -0.1) is 0 Å². The normalized spacial score (nSPS) is 21.4. The topological polar surface area (TPSA) is 61.9 Å². The second-order valence-corrected chi connectivity index (χ2v) is 9.20. The summed E-state index contributed by atoms with van der Waals surface area (Å²) in [5.74, 6) is -0.312. The minimum atomic E-state index is -3.58. The lowest BCUT2D eigenvalue weighted by atomic mass is 9.96. The Labute approximate surface area is 161 Å². The average molecular weight is 400 g/mol. The summed E-state index contributed by atoms with van der Waals surface area (Å²) in [6.07, 6.45) is 5.15. The van der Waals surface area contributed by atoms with Crippen molar-refractivity contribution >= 4 is 10.2 Å². The van der Waals surface area contributed by atoms with Crippen LogP contribution in [0.3, 0.4) is 0 Å². The molecule has 1 aliphatic carbocycles. The van der Waals surface area contributed by atoms with E-state index in [0.29, 0.717) is 26.3 Å². The molecule has 6 nitrogen and oxygen atoms in total. The van der Waals surface area contributed by atoms with Crippen LogP contribution in [0.2, 0.25) is 0 Å². The molecule has 8 heteroatoms. The summed E-state index contributed by atoms with van der Waals surface area (Å²) in [7, 11) is -1.92. The molecule has 0 bridgehead atoms. The number of nitrogens with zero attached hydrogens (tertiary/aromatic N) is 2. The molecule has 3 rings (SSSR count). The van der Waals surface area contributed by atoms with Crippen LogP contribution in [0.4, 0.5) is 4.39 Å². The van der Waals surface area contributed by atoms with E-state index in [1.165, 1.54) is 22.9 Å². The van der Waals surface area contributed by atoms with Crippen LogP contribution in [0.15, 0.2) is 24.3 Å². The van der Waals surface area contributed by atoms with Gasteiger partial charge in [0.05, 0.1) is 13.2 Å². The summed E-state index contributed by atoms with van der Waals surface area (Å²) in [6, 6.07) is 6.25. The van der Waals surface area contributed by atoms with Crippen LogP contribution in [-0.2, 0) is 14.9 Å². The van der Waals surface area contributed by atoms with Crippen LogP contribution in [0.25, 0.3) is 0 Å². The van der Waals surface area contributed by atoms with E-state index < -0.39 is 10.2 Å². The predicted molar refractivity (Wildman–Crippen MR) is 103 cm³/mol. The van der Waals surface area contributed by atoms with E-state index in [9.17, 15) is 12.8 Å². The van der Waals surface area contributed by atoms with Crippen molar-refractivity contribution in [2.45, 2.75) is 44.2 Å². The molecule has 1 aliphatic heterocycles. The Balaban J connectivity index is 1.71. The van der Waals surface area contributed by atoms with Crippen LogP contribution in [0, 0.1) is 5.82 Å². The lowest BCUT2D eigenvalue weighted by molar-refractivity contribution is 0.0170. The fourth-order valence-corrected chi connectivity index (χ4v) is 5.16. The van der Waals surface area contributed by atoms with Crippen LogP contribution in [0.1, 0.15) is 43.7 Å². The maximum absolute atomic E-state index is 13.7. The molecular weight excluding hydrogens is 369 g/mol. The summed E-state index contributed by atoms with van der Waals surface area (Å²) in [4.78, 5) is 2.15. The number of ether oxygens (including phenoxy) is 1. The molecule has 0 aromatic heterocycles. The van der Waals surface area contributed by atoms with Gasteiger partial charge < -0.3 is 4.74 Å². The van der Waals surface area contributed by atoms with Crippen molar-refractivity contribution in [1.29, 1.82) is 0 Å². The summed E-state index contributed by atoms with van der Waals surface area (Å²) < 4.78 is 49.0.